The van der Waals surface area contributed by atoms with Gasteiger partial charge >= 0.3 is 0 Å². The molecule has 1 aromatic carbocycles. The van der Waals surface area contributed by atoms with Gasteiger partial charge in [0.25, 0.3) is 0 Å². The number of carbonyl (C=O) groups is 2. The maximum Gasteiger partial charge on any atom is 0.227 e. The number of nitriles is 1. The van der Waals surface area contributed by atoms with Gasteiger partial charge in [-0.3, -0.25) is 9.59 Å². The normalized spacial score (nSPS) is 25.5. The number of rotatable bonds is 3. The van der Waals surface area contributed by atoms with Crippen molar-refractivity contribution in [3.63, 3.8) is 0 Å². The minimum Gasteiger partial charge on any atom is -0.352 e. The summed E-state index contributed by atoms with van der Waals surface area (Å²) in [5.41, 5.74) is 1.04. The fourth-order valence-electron chi connectivity index (χ4n) is 3.10. The van der Waals surface area contributed by atoms with Crippen molar-refractivity contribution in [1.82, 2.24) is 5.32 Å². The third-order valence-corrected chi connectivity index (χ3v) is 6.13. The average Bonchev–Trinajstić information content (AvgIpc) is 3.10. The summed E-state index contributed by atoms with van der Waals surface area (Å²) < 4.78 is 22.9. The lowest BCUT2D eigenvalue weighted by Crippen LogP contribution is -2.40. The monoisotopic (exact) mass is 347 g/mol. The third-order valence-electron chi connectivity index (χ3n) is 4.36. The van der Waals surface area contributed by atoms with E-state index in [1.54, 1.807) is 24.3 Å². The van der Waals surface area contributed by atoms with Gasteiger partial charge in [0.2, 0.25) is 11.8 Å². The van der Waals surface area contributed by atoms with Crippen molar-refractivity contribution in [2.45, 2.75) is 18.9 Å². The topological polar surface area (TPSA) is 107 Å². The highest BCUT2D eigenvalue weighted by atomic mass is 32.2. The zero-order valence-electron chi connectivity index (χ0n) is 12.9. The molecule has 2 aliphatic heterocycles. The van der Waals surface area contributed by atoms with E-state index in [0.29, 0.717) is 17.7 Å². The molecular weight excluding hydrogens is 330 g/mol. The van der Waals surface area contributed by atoms with E-state index < -0.39 is 15.8 Å². The number of hydrogen-bond acceptors (Lipinski definition) is 5. The predicted molar refractivity (Wildman–Crippen MR) is 86.8 cm³/mol. The van der Waals surface area contributed by atoms with Crippen molar-refractivity contribution < 1.29 is 18.0 Å². The first-order valence-corrected chi connectivity index (χ1v) is 9.51. The molecule has 2 atom stereocenters. The zero-order valence-corrected chi connectivity index (χ0v) is 13.8. The van der Waals surface area contributed by atoms with Crippen LogP contribution in [0.1, 0.15) is 18.4 Å². The molecule has 126 valence electrons. The van der Waals surface area contributed by atoms with Crippen LogP contribution >= 0.6 is 0 Å². The summed E-state index contributed by atoms with van der Waals surface area (Å²) in [4.78, 5) is 26.0. The summed E-state index contributed by atoms with van der Waals surface area (Å²) in [5, 5.41) is 11.7. The highest BCUT2D eigenvalue weighted by Crippen LogP contribution is 2.26. The molecule has 1 N–H and O–H groups in total. The molecule has 1 aromatic rings. The van der Waals surface area contributed by atoms with Crippen molar-refractivity contribution in [3.8, 4) is 6.07 Å². The van der Waals surface area contributed by atoms with Crippen LogP contribution in [0.5, 0.6) is 0 Å². The Balaban J connectivity index is 1.66. The Labute approximate surface area is 140 Å². The highest BCUT2D eigenvalue weighted by molar-refractivity contribution is 7.91. The van der Waals surface area contributed by atoms with Crippen molar-refractivity contribution >= 4 is 27.3 Å². The summed E-state index contributed by atoms with van der Waals surface area (Å²) >= 11 is 0. The summed E-state index contributed by atoms with van der Waals surface area (Å²) in [5.74, 6) is -0.915. The summed E-state index contributed by atoms with van der Waals surface area (Å²) in [6.07, 6.45) is 0.505. The van der Waals surface area contributed by atoms with Gasteiger partial charge in [-0.15, -0.1) is 0 Å². The first-order valence-electron chi connectivity index (χ1n) is 7.69. The standard InChI is InChI=1S/C16H17N3O4S/c17-8-11-2-1-3-14(6-11)19-9-12(7-15(19)20)16(21)18-13-4-5-24(22,23)10-13/h1-3,6,12-13H,4-5,7,9-10H2,(H,18,21). The zero-order chi connectivity index (χ0) is 17.3. The first-order chi connectivity index (χ1) is 11.4. The van der Waals surface area contributed by atoms with E-state index in [1.807, 2.05) is 6.07 Å². The van der Waals surface area contributed by atoms with Crippen LogP contribution in [-0.2, 0) is 19.4 Å². The van der Waals surface area contributed by atoms with Gasteiger partial charge in [-0.25, -0.2) is 8.42 Å². The molecule has 0 spiro atoms. The second-order valence-corrected chi connectivity index (χ2v) is 8.40. The molecule has 2 unspecified atom stereocenters. The lowest BCUT2D eigenvalue weighted by molar-refractivity contribution is -0.126. The Morgan fingerprint density at radius 2 is 2.17 bits per heavy atom. The summed E-state index contributed by atoms with van der Waals surface area (Å²) in [7, 11) is -3.06. The molecule has 2 saturated heterocycles. The number of nitrogens with one attached hydrogen (secondary N) is 1. The summed E-state index contributed by atoms with van der Waals surface area (Å²) in [6, 6.07) is 8.33. The molecule has 2 amide bonds. The van der Waals surface area contributed by atoms with Gasteiger partial charge in [0.05, 0.1) is 29.1 Å². The Morgan fingerprint density at radius 1 is 1.38 bits per heavy atom. The predicted octanol–water partition coefficient (Wildman–Crippen LogP) is 0.214. The molecule has 0 saturated carbocycles. The van der Waals surface area contributed by atoms with Gasteiger partial charge in [0.1, 0.15) is 0 Å². The fraction of sp³-hybridized carbons (Fsp3) is 0.438. The Bertz CT molecular complexity index is 828. The number of sulfone groups is 1. The van der Waals surface area contributed by atoms with Crippen LogP contribution < -0.4 is 10.2 Å². The maximum absolute atomic E-state index is 12.3. The van der Waals surface area contributed by atoms with E-state index in [1.165, 1.54) is 4.90 Å². The van der Waals surface area contributed by atoms with E-state index in [2.05, 4.69) is 5.32 Å². The van der Waals surface area contributed by atoms with Gasteiger partial charge < -0.3 is 10.2 Å². The highest BCUT2D eigenvalue weighted by Gasteiger charge is 2.37. The molecule has 0 aromatic heterocycles. The van der Waals surface area contributed by atoms with Crippen molar-refractivity contribution in [3.05, 3.63) is 29.8 Å². The van der Waals surface area contributed by atoms with Crippen molar-refractivity contribution in [2.75, 3.05) is 23.0 Å². The van der Waals surface area contributed by atoms with Gasteiger partial charge in [-0.05, 0) is 24.6 Å². The second kappa shape index (κ2) is 6.24. The van der Waals surface area contributed by atoms with Crippen LogP contribution in [0.25, 0.3) is 0 Å². The SMILES string of the molecule is N#Cc1cccc(N2CC(C(=O)NC3CCS(=O)(=O)C3)CC2=O)c1. The number of hydrogen-bond donors (Lipinski definition) is 1. The van der Waals surface area contributed by atoms with E-state index in [4.69, 9.17) is 5.26 Å². The smallest absolute Gasteiger partial charge is 0.227 e. The lowest BCUT2D eigenvalue weighted by atomic mass is 10.1. The van der Waals surface area contributed by atoms with Gasteiger partial charge in [-0.2, -0.15) is 5.26 Å². The first kappa shape index (κ1) is 16.5. The van der Waals surface area contributed by atoms with Crippen LogP contribution in [0.3, 0.4) is 0 Å². The van der Waals surface area contributed by atoms with Gasteiger partial charge in [-0.1, -0.05) is 6.07 Å². The fourth-order valence-corrected chi connectivity index (χ4v) is 4.78. The number of benzene rings is 1. The van der Waals surface area contributed by atoms with Gasteiger partial charge in [0.15, 0.2) is 9.84 Å². The largest absolute Gasteiger partial charge is 0.352 e. The Hall–Kier alpha value is -2.40. The maximum atomic E-state index is 12.3. The Morgan fingerprint density at radius 3 is 2.83 bits per heavy atom. The van der Waals surface area contributed by atoms with Crippen LogP contribution in [0.15, 0.2) is 24.3 Å². The molecule has 7 nitrogen and oxygen atoms in total. The number of amides is 2. The quantitative estimate of drug-likeness (QED) is 0.841. The molecule has 8 heteroatoms. The molecule has 0 radical (unpaired) electrons. The van der Waals surface area contributed by atoms with Crippen molar-refractivity contribution in [1.29, 1.82) is 5.26 Å². The average molecular weight is 347 g/mol. The number of anilines is 1. The summed E-state index contributed by atoms with van der Waals surface area (Å²) in [6.45, 7) is 0.235. The van der Waals surface area contributed by atoms with E-state index in [9.17, 15) is 18.0 Å². The molecule has 3 rings (SSSR count). The van der Waals surface area contributed by atoms with Crippen LogP contribution in [0.2, 0.25) is 0 Å². The second-order valence-electron chi connectivity index (χ2n) is 6.18. The molecule has 0 aliphatic carbocycles. The van der Waals surface area contributed by atoms with E-state index >= 15 is 0 Å². The molecule has 2 heterocycles. The molecule has 2 fully saturated rings. The number of carbonyl (C=O) groups excluding carboxylic acids is 2. The van der Waals surface area contributed by atoms with Gasteiger partial charge in [0, 0.05) is 24.7 Å². The minimum atomic E-state index is -3.06. The molecular formula is C16H17N3O4S. The van der Waals surface area contributed by atoms with E-state index in [0.717, 1.165) is 0 Å². The van der Waals surface area contributed by atoms with Crippen LogP contribution in [-0.4, -0.2) is 44.3 Å². The van der Waals surface area contributed by atoms with Crippen molar-refractivity contribution in [2.24, 2.45) is 5.92 Å². The number of nitrogens with zero attached hydrogens (tertiary/aromatic N) is 2. The van der Waals surface area contributed by atoms with E-state index in [-0.39, 0.29) is 42.3 Å². The molecule has 24 heavy (non-hydrogen) atoms. The lowest BCUT2D eigenvalue weighted by Gasteiger charge is -2.18. The third kappa shape index (κ3) is 3.41. The molecule has 2 aliphatic rings. The molecule has 0 bridgehead atoms. The minimum absolute atomic E-state index is 0.0344. The van der Waals surface area contributed by atoms with Crippen LogP contribution in [0.4, 0.5) is 5.69 Å². The van der Waals surface area contributed by atoms with Crippen LogP contribution in [0, 0.1) is 17.2 Å². The Kier molecular flexibility index (Phi) is 4.28.